The zero-order chi connectivity index (χ0) is 16.9. The second kappa shape index (κ2) is 5.46. The average Bonchev–Trinajstić information content (AvgIpc) is 2.46. The molecule has 0 spiro atoms. The fraction of sp³-hybridized carbons (Fsp3) is 0.278. The Balaban J connectivity index is 1.59. The molecule has 0 radical (unpaired) electrons. The Morgan fingerprint density at radius 2 is 1.50 bits per heavy atom. The minimum absolute atomic E-state index is 0.181. The number of rotatable bonds is 4. The normalized spacial score (nSPS) is 26.8. The van der Waals surface area contributed by atoms with Crippen LogP contribution in [0.2, 0.25) is 15.1 Å². The molecule has 2 aromatic rings. The molecule has 3 fully saturated rings. The summed E-state index contributed by atoms with van der Waals surface area (Å²) in [6, 6.07) is 12.6. The lowest BCUT2D eigenvalue weighted by atomic mass is 9.42. The molecule has 0 aliphatic heterocycles. The quantitative estimate of drug-likeness (QED) is 0.628. The highest BCUT2D eigenvalue weighted by atomic mass is 35.5. The number of hydrogen-bond acceptors (Lipinski definition) is 3. The van der Waals surface area contributed by atoms with Crippen LogP contribution in [0.3, 0.4) is 0 Å². The largest absolute Gasteiger partial charge is 0.483 e. The minimum atomic E-state index is -0.262. The molecule has 0 amide bonds. The smallest absolute Gasteiger partial charge is 0.169 e. The van der Waals surface area contributed by atoms with Crippen molar-refractivity contribution in [2.45, 2.75) is 24.9 Å². The lowest BCUT2D eigenvalue weighted by Gasteiger charge is -2.65. The van der Waals surface area contributed by atoms with E-state index in [9.17, 15) is 0 Å². The summed E-state index contributed by atoms with van der Waals surface area (Å²) in [6.07, 6.45) is 2.26. The average molecular weight is 381 g/mol. The number of nitrogens with zero attached hydrogens (tertiary/aromatic N) is 1. The molecular formula is C18H12Cl3NO2. The fourth-order valence-electron chi connectivity index (χ4n) is 3.48. The maximum atomic E-state index is 9.13. The second-order valence-electron chi connectivity index (χ2n) is 6.48. The summed E-state index contributed by atoms with van der Waals surface area (Å²) in [4.78, 5) is 0. The van der Waals surface area contributed by atoms with Gasteiger partial charge in [-0.1, -0.05) is 34.8 Å². The van der Waals surface area contributed by atoms with E-state index >= 15 is 0 Å². The molecule has 3 nitrogen and oxygen atoms in total. The first-order chi connectivity index (χ1) is 11.4. The molecule has 6 heteroatoms. The first-order valence-electron chi connectivity index (χ1n) is 7.45. The fourth-order valence-corrected chi connectivity index (χ4v) is 4.09. The van der Waals surface area contributed by atoms with Crippen LogP contribution < -0.4 is 9.47 Å². The summed E-state index contributed by atoms with van der Waals surface area (Å²) >= 11 is 18.2. The van der Waals surface area contributed by atoms with E-state index in [2.05, 4.69) is 6.07 Å². The summed E-state index contributed by atoms with van der Waals surface area (Å²) < 4.78 is 12.0. The van der Waals surface area contributed by atoms with Gasteiger partial charge < -0.3 is 9.47 Å². The van der Waals surface area contributed by atoms with Crippen molar-refractivity contribution in [3.05, 3.63) is 51.5 Å². The summed E-state index contributed by atoms with van der Waals surface area (Å²) in [5.74, 6) is 1.57. The number of benzene rings is 2. The van der Waals surface area contributed by atoms with E-state index in [0.29, 0.717) is 32.3 Å². The molecule has 0 unspecified atom stereocenters. The van der Waals surface area contributed by atoms with Crippen LogP contribution >= 0.6 is 34.8 Å². The van der Waals surface area contributed by atoms with Crippen LogP contribution in [0.1, 0.15) is 19.3 Å². The zero-order valence-electron chi connectivity index (χ0n) is 12.5. The third-order valence-electron chi connectivity index (χ3n) is 4.56. The molecule has 0 N–H and O–H groups in total. The van der Waals surface area contributed by atoms with Crippen molar-refractivity contribution in [1.82, 2.24) is 0 Å². The van der Waals surface area contributed by atoms with Crippen molar-refractivity contribution in [3.63, 3.8) is 0 Å². The number of nitriles is 1. The highest BCUT2D eigenvalue weighted by Gasteiger charge is 2.71. The first-order valence-corrected chi connectivity index (χ1v) is 8.59. The molecule has 3 aliphatic rings. The molecule has 2 bridgehead atoms. The molecule has 0 heterocycles. The Bertz CT molecular complexity index is 855. The van der Waals surface area contributed by atoms with Gasteiger partial charge in [0.15, 0.2) is 11.5 Å². The van der Waals surface area contributed by atoms with Gasteiger partial charge in [-0.15, -0.1) is 0 Å². The monoisotopic (exact) mass is 379 g/mol. The van der Waals surface area contributed by atoms with Gasteiger partial charge >= 0.3 is 0 Å². The molecule has 0 aromatic heterocycles. The van der Waals surface area contributed by atoms with Crippen molar-refractivity contribution in [2.24, 2.45) is 5.41 Å². The van der Waals surface area contributed by atoms with E-state index in [1.807, 2.05) is 0 Å². The SMILES string of the molecule is N#CC12CC(Oc3cc(Cl)ccc3Oc3ccc(Cl)cc3Cl)(C1)C2. The van der Waals surface area contributed by atoms with E-state index in [4.69, 9.17) is 49.5 Å². The van der Waals surface area contributed by atoms with Crippen molar-refractivity contribution >= 4 is 34.8 Å². The summed E-state index contributed by atoms with van der Waals surface area (Å²) in [6.45, 7) is 0. The van der Waals surface area contributed by atoms with Crippen molar-refractivity contribution < 1.29 is 9.47 Å². The van der Waals surface area contributed by atoms with E-state index in [1.54, 1.807) is 36.4 Å². The maximum absolute atomic E-state index is 9.13. The molecule has 5 rings (SSSR count). The van der Waals surface area contributed by atoms with Crippen LogP contribution in [0.25, 0.3) is 0 Å². The highest BCUT2D eigenvalue weighted by molar-refractivity contribution is 6.35. The van der Waals surface area contributed by atoms with Crippen LogP contribution in [0.15, 0.2) is 36.4 Å². The third-order valence-corrected chi connectivity index (χ3v) is 5.33. The molecule has 2 aromatic carbocycles. The van der Waals surface area contributed by atoms with Gasteiger partial charge in [0.2, 0.25) is 0 Å². The molecule has 24 heavy (non-hydrogen) atoms. The number of ether oxygens (including phenoxy) is 2. The molecule has 3 aliphatic carbocycles. The van der Waals surface area contributed by atoms with Crippen LogP contribution in [0, 0.1) is 16.7 Å². The highest BCUT2D eigenvalue weighted by Crippen LogP contribution is 2.68. The minimum Gasteiger partial charge on any atom is -0.483 e. The topological polar surface area (TPSA) is 42.2 Å². The van der Waals surface area contributed by atoms with Gasteiger partial charge in [-0.25, -0.2) is 0 Å². The Labute approximate surface area is 154 Å². The summed E-state index contributed by atoms with van der Waals surface area (Å²) in [5.41, 5.74) is -0.443. The van der Waals surface area contributed by atoms with Gasteiger partial charge in [0.05, 0.1) is 16.5 Å². The molecule has 0 saturated heterocycles. The van der Waals surface area contributed by atoms with Crippen LogP contribution in [0.4, 0.5) is 0 Å². The summed E-state index contributed by atoms with van der Waals surface area (Å²) in [5, 5.41) is 10.6. The number of hydrogen-bond donors (Lipinski definition) is 0. The number of halogens is 3. The summed E-state index contributed by atoms with van der Waals surface area (Å²) in [7, 11) is 0. The molecule has 122 valence electrons. The Morgan fingerprint density at radius 3 is 2.12 bits per heavy atom. The van der Waals surface area contributed by atoms with E-state index in [0.717, 1.165) is 19.3 Å². The van der Waals surface area contributed by atoms with Crippen molar-refractivity contribution in [2.75, 3.05) is 0 Å². The Kier molecular flexibility index (Phi) is 3.61. The molecule has 0 atom stereocenters. The van der Waals surface area contributed by atoms with Crippen LogP contribution in [-0.2, 0) is 0 Å². The second-order valence-corrected chi connectivity index (χ2v) is 7.76. The van der Waals surface area contributed by atoms with Gasteiger partial charge in [0.25, 0.3) is 0 Å². The third kappa shape index (κ3) is 2.59. The van der Waals surface area contributed by atoms with Crippen molar-refractivity contribution in [3.8, 4) is 23.3 Å². The Hall–Kier alpha value is -1.60. The van der Waals surface area contributed by atoms with Crippen molar-refractivity contribution in [1.29, 1.82) is 5.26 Å². The molecule has 3 saturated carbocycles. The maximum Gasteiger partial charge on any atom is 0.169 e. The van der Waals surface area contributed by atoms with E-state index < -0.39 is 0 Å². The predicted molar refractivity (Wildman–Crippen MR) is 93.2 cm³/mol. The van der Waals surface area contributed by atoms with Crippen LogP contribution in [-0.4, -0.2) is 5.60 Å². The van der Waals surface area contributed by atoms with Gasteiger partial charge in [-0.3, -0.25) is 0 Å². The van der Waals surface area contributed by atoms with E-state index in [1.165, 1.54) is 0 Å². The zero-order valence-corrected chi connectivity index (χ0v) is 14.8. The molecular weight excluding hydrogens is 369 g/mol. The first kappa shape index (κ1) is 15.9. The van der Waals surface area contributed by atoms with Crippen LogP contribution in [0.5, 0.6) is 17.2 Å². The van der Waals surface area contributed by atoms with E-state index in [-0.39, 0.29) is 11.0 Å². The van der Waals surface area contributed by atoms with Gasteiger partial charge in [0.1, 0.15) is 11.4 Å². The lowest BCUT2D eigenvalue weighted by Crippen LogP contribution is -2.69. The van der Waals surface area contributed by atoms with Gasteiger partial charge in [-0.2, -0.15) is 5.26 Å². The van der Waals surface area contributed by atoms with Gasteiger partial charge in [-0.05, 0) is 30.3 Å². The standard InChI is InChI=1S/C18H12Cl3NO2/c19-11-1-3-14(13(21)5-11)23-15-4-2-12(20)6-16(15)24-18-7-17(8-18,9-18)10-22/h1-6H,7-9H2. The van der Waals surface area contributed by atoms with Gasteiger partial charge in [0, 0.05) is 35.4 Å². The lowest BCUT2D eigenvalue weighted by molar-refractivity contribution is -0.211. The Morgan fingerprint density at radius 1 is 0.875 bits per heavy atom. The predicted octanol–water partition coefficient (Wildman–Crippen LogP) is 6.26.